The van der Waals surface area contributed by atoms with Gasteiger partial charge in [0.15, 0.2) is 0 Å². The largest absolute Gasteiger partial charge is 0.412 e. The maximum absolute atomic E-state index is 0. The fourth-order valence-electron chi connectivity index (χ4n) is 0. The molecule has 0 aliphatic rings. The molecule has 0 aromatic rings. The van der Waals surface area contributed by atoms with Crippen LogP contribution in [0.3, 0.4) is 0 Å². The molecule has 0 aromatic heterocycles. The van der Waals surface area contributed by atoms with E-state index in [-0.39, 0.29) is 92.7 Å². The molecular formula is H16BaO8. The maximum Gasteiger partial charge on any atom is 0 e. The van der Waals surface area contributed by atoms with Gasteiger partial charge in [0.1, 0.15) is 0 Å². The molecule has 0 fully saturated rings. The minimum atomic E-state index is 0. The minimum Gasteiger partial charge on any atom is -0.412 e. The van der Waals surface area contributed by atoms with Crippen molar-refractivity contribution >= 4 is 48.9 Å². The minimum absolute atomic E-state index is 0. The van der Waals surface area contributed by atoms with Gasteiger partial charge in [0, 0.05) is 48.9 Å². The zero-order valence-electron chi connectivity index (χ0n) is 4.71. The molecule has 0 heterocycles. The van der Waals surface area contributed by atoms with Crippen LogP contribution in [0, 0.1) is 0 Å². The van der Waals surface area contributed by atoms with Crippen LogP contribution in [0.15, 0.2) is 0 Å². The summed E-state index contributed by atoms with van der Waals surface area (Å²) in [5.41, 5.74) is 0. The van der Waals surface area contributed by atoms with Gasteiger partial charge in [-0.1, -0.05) is 0 Å². The van der Waals surface area contributed by atoms with Crippen molar-refractivity contribution in [1.29, 1.82) is 0 Å². The van der Waals surface area contributed by atoms with Crippen molar-refractivity contribution in [2.24, 2.45) is 0 Å². The third-order valence-electron chi connectivity index (χ3n) is 0. The second-order valence-corrected chi connectivity index (χ2v) is 0. The molecule has 0 atom stereocenters. The second-order valence-electron chi connectivity index (χ2n) is 0. The molecular weight excluding hydrogens is 265 g/mol. The van der Waals surface area contributed by atoms with Crippen molar-refractivity contribution in [3.05, 3.63) is 0 Å². The predicted octanol–water partition coefficient (Wildman–Crippen LogP) is -6.98. The van der Waals surface area contributed by atoms with Crippen LogP contribution in [0.5, 0.6) is 0 Å². The van der Waals surface area contributed by atoms with Gasteiger partial charge >= 0.3 is 0 Å². The van der Waals surface area contributed by atoms with Crippen molar-refractivity contribution in [2.45, 2.75) is 0 Å². The Hall–Kier alpha value is 1.25. The van der Waals surface area contributed by atoms with E-state index in [0.29, 0.717) is 0 Å². The van der Waals surface area contributed by atoms with E-state index >= 15 is 0 Å². The molecule has 0 bridgehead atoms. The molecule has 9 heavy (non-hydrogen) atoms. The van der Waals surface area contributed by atoms with Crippen molar-refractivity contribution < 1.29 is 43.8 Å². The molecule has 0 amide bonds. The second kappa shape index (κ2) is 402. The first kappa shape index (κ1) is 560. The zero-order chi connectivity index (χ0) is 0. The Morgan fingerprint density at radius 3 is 0.222 bits per heavy atom. The standard InChI is InChI=1S/Ba.8H2O/h;8*1H2. The van der Waals surface area contributed by atoms with Gasteiger partial charge in [-0.3, -0.25) is 0 Å². The average molecular weight is 281 g/mol. The molecule has 0 saturated heterocycles. The number of hydrogen-bond acceptors (Lipinski definition) is 0. The van der Waals surface area contributed by atoms with Crippen molar-refractivity contribution in [1.82, 2.24) is 0 Å². The molecule has 0 rings (SSSR count). The Morgan fingerprint density at radius 2 is 0.222 bits per heavy atom. The predicted molar refractivity (Wildman–Crippen MR) is 34.7 cm³/mol. The van der Waals surface area contributed by atoms with Crippen LogP contribution < -0.4 is 0 Å². The molecule has 0 aliphatic carbocycles. The third-order valence-corrected chi connectivity index (χ3v) is 0. The summed E-state index contributed by atoms with van der Waals surface area (Å²) in [5.74, 6) is 0. The van der Waals surface area contributed by atoms with Crippen molar-refractivity contribution in [3.8, 4) is 0 Å². The smallest absolute Gasteiger partial charge is 0 e. The van der Waals surface area contributed by atoms with E-state index in [4.69, 9.17) is 0 Å². The van der Waals surface area contributed by atoms with E-state index < -0.39 is 0 Å². The van der Waals surface area contributed by atoms with Gasteiger partial charge in [0.2, 0.25) is 0 Å². The van der Waals surface area contributed by atoms with Gasteiger partial charge in [0.05, 0.1) is 0 Å². The normalized spacial score (nSPS) is 0. The Balaban J connectivity index is 0. The first-order valence-corrected chi connectivity index (χ1v) is 0. The summed E-state index contributed by atoms with van der Waals surface area (Å²) >= 11 is 0. The van der Waals surface area contributed by atoms with Gasteiger partial charge in [-0.15, -0.1) is 0 Å². The topological polar surface area (TPSA) is 252 Å². The van der Waals surface area contributed by atoms with E-state index in [2.05, 4.69) is 0 Å². The van der Waals surface area contributed by atoms with Crippen LogP contribution in [0.4, 0.5) is 0 Å². The molecule has 16 N–H and O–H groups in total. The van der Waals surface area contributed by atoms with Crippen LogP contribution in [0.1, 0.15) is 0 Å². The molecule has 0 spiro atoms. The van der Waals surface area contributed by atoms with Gasteiger partial charge in [-0.2, -0.15) is 0 Å². The Kier molecular flexibility index (Phi) is 25000. The van der Waals surface area contributed by atoms with Gasteiger partial charge in [0.25, 0.3) is 0 Å². The quantitative estimate of drug-likeness (QED) is 0.375. The Morgan fingerprint density at radius 1 is 0.222 bits per heavy atom. The molecule has 66 valence electrons. The van der Waals surface area contributed by atoms with E-state index in [9.17, 15) is 0 Å². The molecule has 0 unspecified atom stereocenters. The van der Waals surface area contributed by atoms with Crippen molar-refractivity contribution in [3.63, 3.8) is 0 Å². The van der Waals surface area contributed by atoms with Crippen LogP contribution in [-0.2, 0) is 0 Å². The van der Waals surface area contributed by atoms with Crippen molar-refractivity contribution in [2.75, 3.05) is 0 Å². The fourth-order valence-corrected chi connectivity index (χ4v) is 0. The molecule has 0 aliphatic heterocycles. The monoisotopic (exact) mass is 282 g/mol. The first-order chi connectivity index (χ1) is 0. The van der Waals surface area contributed by atoms with Gasteiger partial charge in [-0.05, 0) is 0 Å². The SMILES string of the molecule is O.O.O.O.O.O.O.O.[Ba]. The third kappa shape index (κ3) is 311. The molecule has 0 aromatic carbocycles. The maximum atomic E-state index is 0. The van der Waals surface area contributed by atoms with Crippen LogP contribution in [-0.4, -0.2) is 92.7 Å². The summed E-state index contributed by atoms with van der Waals surface area (Å²) in [6, 6.07) is 0. The average Bonchev–Trinajstić information content (AvgIpc) is 0. The van der Waals surface area contributed by atoms with Crippen LogP contribution >= 0.6 is 0 Å². The summed E-state index contributed by atoms with van der Waals surface area (Å²) in [5, 5.41) is 0. The van der Waals surface area contributed by atoms with E-state index in [0.717, 1.165) is 0 Å². The van der Waals surface area contributed by atoms with Gasteiger partial charge < -0.3 is 43.8 Å². The zero-order valence-corrected chi connectivity index (χ0v) is 9.15. The summed E-state index contributed by atoms with van der Waals surface area (Å²) < 4.78 is 0. The van der Waals surface area contributed by atoms with Crippen LogP contribution in [0.25, 0.3) is 0 Å². The summed E-state index contributed by atoms with van der Waals surface area (Å²) in [6.07, 6.45) is 0. The Bertz CT molecular complexity index is 4.53. The Labute approximate surface area is 91.8 Å². The summed E-state index contributed by atoms with van der Waals surface area (Å²) in [6.45, 7) is 0. The van der Waals surface area contributed by atoms with E-state index in [1.54, 1.807) is 0 Å². The molecule has 2 radical (unpaired) electrons. The molecule has 8 nitrogen and oxygen atoms in total. The van der Waals surface area contributed by atoms with Crippen LogP contribution in [0.2, 0.25) is 0 Å². The number of rotatable bonds is 0. The molecule has 9 heteroatoms. The first-order valence-electron chi connectivity index (χ1n) is 0. The summed E-state index contributed by atoms with van der Waals surface area (Å²) in [7, 11) is 0. The van der Waals surface area contributed by atoms with E-state index in [1.807, 2.05) is 0 Å². The van der Waals surface area contributed by atoms with E-state index in [1.165, 1.54) is 0 Å². The number of hydrogen-bond donors (Lipinski definition) is 0. The fraction of sp³-hybridized carbons (Fsp3) is 0. The molecule has 0 saturated carbocycles. The summed E-state index contributed by atoms with van der Waals surface area (Å²) in [4.78, 5) is 0. The van der Waals surface area contributed by atoms with Gasteiger partial charge in [-0.25, -0.2) is 0 Å².